The molecule has 0 fully saturated rings. The largest absolute Gasteiger partial charge is 0.480 e. The molecule has 0 aliphatic rings. The van der Waals surface area contributed by atoms with Gasteiger partial charge in [0.15, 0.2) is 11.8 Å². The summed E-state index contributed by atoms with van der Waals surface area (Å²) in [7, 11) is 0. The first kappa shape index (κ1) is 13.4. The minimum absolute atomic E-state index is 0.401. The minimum atomic E-state index is -1.18. The normalized spacial score (nSPS) is 13.1. The predicted octanol–water partition coefficient (Wildman–Crippen LogP) is 1.55. The van der Waals surface area contributed by atoms with Crippen molar-refractivity contribution in [3.8, 4) is 0 Å². The van der Waals surface area contributed by atoms with E-state index in [1.54, 1.807) is 0 Å². The van der Waals surface area contributed by atoms with Crippen LogP contribution in [0.3, 0.4) is 0 Å². The van der Waals surface area contributed by atoms with Crippen molar-refractivity contribution in [2.45, 2.75) is 32.4 Å². The van der Waals surface area contributed by atoms with Gasteiger partial charge in [0, 0.05) is 5.54 Å². The third-order valence-corrected chi connectivity index (χ3v) is 2.65. The molecule has 1 aromatic carbocycles. The van der Waals surface area contributed by atoms with E-state index in [0.29, 0.717) is 0 Å². The molecule has 1 aromatic rings. The molecule has 2 N–H and O–H groups in total. The number of ketones is 1. The first-order valence-electron chi connectivity index (χ1n) is 5.41. The Kier molecular flexibility index (Phi) is 4.02. The molecule has 17 heavy (non-hydrogen) atoms. The van der Waals surface area contributed by atoms with E-state index in [4.69, 9.17) is 5.11 Å². The van der Waals surface area contributed by atoms with Crippen molar-refractivity contribution in [2.75, 3.05) is 0 Å². The molecule has 1 unspecified atom stereocenters. The van der Waals surface area contributed by atoms with Crippen LogP contribution in [0.2, 0.25) is 0 Å². The Balaban J connectivity index is 2.92. The van der Waals surface area contributed by atoms with Crippen LogP contribution in [-0.4, -0.2) is 22.9 Å². The lowest BCUT2D eigenvalue weighted by Crippen LogP contribution is -2.51. The van der Waals surface area contributed by atoms with Crippen molar-refractivity contribution < 1.29 is 14.7 Å². The molecule has 0 heterocycles. The molecule has 0 aliphatic carbocycles. The fourth-order valence-electron chi connectivity index (χ4n) is 1.64. The van der Waals surface area contributed by atoms with E-state index in [2.05, 4.69) is 5.32 Å². The van der Waals surface area contributed by atoms with Gasteiger partial charge in [0.25, 0.3) is 0 Å². The summed E-state index contributed by atoms with van der Waals surface area (Å²) < 4.78 is 0. The predicted molar refractivity (Wildman–Crippen MR) is 64.7 cm³/mol. The van der Waals surface area contributed by atoms with Gasteiger partial charge in [0.1, 0.15) is 0 Å². The third kappa shape index (κ3) is 3.39. The molecule has 1 rings (SSSR count). The summed E-state index contributed by atoms with van der Waals surface area (Å²) >= 11 is 0. The van der Waals surface area contributed by atoms with Crippen LogP contribution in [0.25, 0.3) is 0 Å². The van der Waals surface area contributed by atoms with E-state index in [9.17, 15) is 9.59 Å². The molecule has 0 amide bonds. The lowest BCUT2D eigenvalue weighted by atomic mass is 9.93. The minimum Gasteiger partial charge on any atom is -0.480 e. The second-order valence-corrected chi connectivity index (χ2v) is 4.52. The number of carbonyl (C=O) groups is 2. The van der Waals surface area contributed by atoms with Gasteiger partial charge in [-0.25, -0.2) is 0 Å². The number of carbonyl (C=O) groups excluding carboxylic acids is 1. The van der Waals surface area contributed by atoms with E-state index >= 15 is 0 Å². The Morgan fingerprint density at radius 1 is 1.24 bits per heavy atom. The van der Waals surface area contributed by atoms with Crippen molar-refractivity contribution in [1.82, 2.24) is 5.32 Å². The van der Waals surface area contributed by atoms with Crippen molar-refractivity contribution in [1.29, 1.82) is 0 Å². The number of carboxylic acid groups (broad SMARTS) is 1. The second kappa shape index (κ2) is 5.10. The Morgan fingerprint density at radius 2 is 1.76 bits per heavy atom. The first-order chi connectivity index (χ1) is 7.84. The number of rotatable bonds is 5. The summed E-state index contributed by atoms with van der Waals surface area (Å²) in [4.78, 5) is 22.2. The maximum atomic E-state index is 11.3. The van der Waals surface area contributed by atoms with Crippen LogP contribution in [0.15, 0.2) is 30.3 Å². The van der Waals surface area contributed by atoms with Crippen LogP contribution in [-0.2, 0) is 15.1 Å². The number of hydrogen-bond donors (Lipinski definition) is 2. The lowest BCUT2D eigenvalue weighted by molar-refractivity contribution is -0.143. The number of hydrogen-bond acceptors (Lipinski definition) is 3. The standard InChI is InChI=1S/C13H17NO3/c1-9(15)11(12(16)17)14-13(2,3)10-7-5-4-6-8-10/h4-8,11,14H,1-3H3,(H,16,17). The lowest BCUT2D eigenvalue weighted by Gasteiger charge is -2.29. The molecule has 0 aliphatic heterocycles. The van der Waals surface area contributed by atoms with Crippen LogP contribution in [0.5, 0.6) is 0 Å². The summed E-state index contributed by atoms with van der Waals surface area (Å²) in [6.07, 6.45) is 0. The zero-order valence-corrected chi connectivity index (χ0v) is 10.2. The van der Waals surface area contributed by atoms with Crippen LogP contribution >= 0.6 is 0 Å². The average molecular weight is 235 g/mol. The highest BCUT2D eigenvalue weighted by Crippen LogP contribution is 2.20. The molecular weight excluding hydrogens is 218 g/mol. The fraction of sp³-hybridized carbons (Fsp3) is 0.385. The Hall–Kier alpha value is -1.68. The van der Waals surface area contributed by atoms with Gasteiger partial charge < -0.3 is 5.11 Å². The molecule has 1 atom stereocenters. The zero-order chi connectivity index (χ0) is 13.1. The van der Waals surface area contributed by atoms with E-state index in [-0.39, 0.29) is 0 Å². The number of Topliss-reactive ketones (excluding diaryl/α,β-unsaturated/α-hetero) is 1. The SMILES string of the molecule is CC(=O)C(NC(C)(C)c1ccccc1)C(=O)O. The van der Waals surface area contributed by atoms with Gasteiger partial charge in [-0.15, -0.1) is 0 Å². The Labute approximate surface area is 101 Å². The van der Waals surface area contributed by atoms with Crippen LogP contribution in [0, 0.1) is 0 Å². The van der Waals surface area contributed by atoms with Crippen molar-refractivity contribution in [3.05, 3.63) is 35.9 Å². The summed E-state index contributed by atoms with van der Waals surface area (Å²) in [5.74, 6) is -1.55. The highest BCUT2D eigenvalue weighted by molar-refractivity contribution is 6.01. The molecule has 0 radical (unpaired) electrons. The third-order valence-electron chi connectivity index (χ3n) is 2.65. The monoisotopic (exact) mass is 235 g/mol. The molecule has 4 nitrogen and oxygen atoms in total. The molecule has 0 saturated carbocycles. The topological polar surface area (TPSA) is 66.4 Å². The molecule has 0 aromatic heterocycles. The van der Waals surface area contributed by atoms with Crippen LogP contribution in [0.4, 0.5) is 0 Å². The highest BCUT2D eigenvalue weighted by atomic mass is 16.4. The summed E-state index contributed by atoms with van der Waals surface area (Å²) in [5.41, 5.74) is 0.364. The molecular formula is C13H17NO3. The maximum Gasteiger partial charge on any atom is 0.328 e. The van der Waals surface area contributed by atoms with Crippen molar-refractivity contribution in [3.63, 3.8) is 0 Å². The Morgan fingerprint density at radius 3 is 2.18 bits per heavy atom. The molecule has 0 spiro atoms. The average Bonchev–Trinajstić information content (AvgIpc) is 2.26. The van der Waals surface area contributed by atoms with Gasteiger partial charge in [-0.05, 0) is 26.3 Å². The summed E-state index contributed by atoms with van der Waals surface area (Å²) in [6.45, 7) is 4.97. The van der Waals surface area contributed by atoms with E-state index in [1.807, 2.05) is 44.2 Å². The highest BCUT2D eigenvalue weighted by Gasteiger charge is 2.30. The molecule has 0 saturated heterocycles. The Bertz CT molecular complexity index is 398. The number of nitrogens with one attached hydrogen (secondary N) is 1. The van der Waals surface area contributed by atoms with Gasteiger partial charge >= 0.3 is 5.97 Å². The van der Waals surface area contributed by atoms with Crippen molar-refractivity contribution >= 4 is 11.8 Å². The van der Waals surface area contributed by atoms with Crippen LogP contribution in [0.1, 0.15) is 26.3 Å². The van der Waals surface area contributed by atoms with Crippen molar-refractivity contribution in [2.24, 2.45) is 0 Å². The fourth-order valence-corrected chi connectivity index (χ4v) is 1.64. The van der Waals surface area contributed by atoms with Gasteiger partial charge in [0.05, 0.1) is 0 Å². The number of benzene rings is 1. The quantitative estimate of drug-likeness (QED) is 0.760. The number of carboxylic acids is 1. The summed E-state index contributed by atoms with van der Waals surface area (Å²) in [5, 5.41) is 11.8. The zero-order valence-electron chi connectivity index (χ0n) is 10.2. The van der Waals surface area contributed by atoms with E-state index in [1.165, 1.54) is 6.92 Å². The molecule has 4 heteroatoms. The first-order valence-corrected chi connectivity index (χ1v) is 5.41. The van der Waals surface area contributed by atoms with Gasteiger partial charge in [0.2, 0.25) is 0 Å². The second-order valence-electron chi connectivity index (χ2n) is 4.52. The van der Waals surface area contributed by atoms with Gasteiger partial charge in [-0.2, -0.15) is 0 Å². The smallest absolute Gasteiger partial charge is 0.328 e. The molecule has 92 valence electrons. The maximum absolute atomic E-state index is 11.3. The van der Waals surface area contributed by atoms with E-state index in [0.717, 1.165) is 5.56 Å². The van der Waals surface area contributed by atoms with Gasteiger partial charge in [-0.3, -0.25) is 14.9 Å². The molecule has 0 bridgehead atoms. The van der Waals surface area contributed by atoms with E-state index < -0.39 is 23.3 Å². The summed E-state index contributed by atoms with van der Waals surface area (Å²) in [6, 6.07) is 8.26. The number of aliphatic carboxylic acids is 1. The van der Waals surface area contributed by atoms with Crippen LogP contribution < -0.4 is 5.32 Å². The van der Waals surface area contributed by atoms with Gasteiger partial charge in [-0.1, -0.05) is 30.3 Å².